The van der Waals surface area contributed by atoms with Crippen LogP contribution in [0.15, 0.2) is 18.2 Å². The van der Waals surface area contributed by atoms with Crippen molar-refractivity contribution >= 4 is 0 Å². The Hall–Kier alpha value is -1.06. The number of fused-ring (bicyclic) bond motifs is 1. The highest BCUT2D eigenvalue weighted by Gasteiger charge is 2.32. The molecule has 3 rings (SSSR count). The van der Waals surface area contributed by atoms with Gasteiger partial charge in [0.1, 0.15) is 5.75 Å². The Balaban J connectivity index is 1.72. The molecular formula is C13H18N2O. The summed E-state index contributed by atoms with van der Waals surface area (Å²) >= 11 is 0. The molecule has 3 heteroatoms. The van der Waals surface area contributed by atoms with Gasteiger partial charge in [-0.15, -0.1) is 0 Å². The van der Waals surface area contributed by atoms with Crippen LogP contribution < -0.4 is 15.4 Å². The van der Waals surface area contributed by atoms with Gasteiger partial charge in [-0.3, -0.25) is 0 Å². The van der Waals surface area contributed by atoms with Crippen molar-refractivity contribution in [1.29, 1.82) is 0 Å². The molecule has 0 spiro atoms. The van der Waals surface area contributed by atoms with E-state index in [2.05, 4.69) is 35.8 Å². The van der Waals surface area contributed by atoms with Gasteiger partial charge in [-0.2, -0.15) is 0 Å². The first-order valence-corrected chi connectivity index (χ1v) is 5.92. The van der Waals surface area contributed by atoms with Crippen LogP contribution in [-0.2, 0) is 13.1 Å². The summed E-state index contributed by atoms with van der Waals surface area (Å²) in [6, 6.07) is 6.35. The summed E-state index contributed by atoms with van der Waals surface area (Å²) < 4.78 is 5.98. The molecule has 1 aromatic rings. The standard InChI is InChI=1S/C13H18N2O/c1-13(7-15-8-13)9-16-12-4-2-3-10-5-14-6-11(10)12/h2-4,14-15H,5-9H2,1H3. The minimum atomic E-state index is 0.328. The molecule has 0 radical (unpaired) electrons. The van der Waals surface area contributed by atoms with Gasteiger partial charge < -0.3 is 15.4 Å². The van der Waals surface area contributed by atoms with Crippen LogP contribution in [0.1, 0.15) is 18.1 Å². The predicted octanol–water partition coefficient (Wildman–Crippen LogP) is 1.28. The Bertz CT molecular complexity index is 399. The summed E-state index contributed by atoms with van der Waals surface area (Å²) in [5.41, 5.74) is 3.06. The molecule has 1 aromatic carbocycles. The van der Waals surface area contributed by atoms with E-state index in [9.17, 15) is 0 Å². The van der Waals surface area contributed by atoms with E-state index in [0.717, 1.165) is 38.5 Å². The number of benzene rings is 1. The lowest BCUT2D eigenvalue weighted by Crippen LogP contribution is -2.54. The van der Waals surface area contributed by atoms with E-state index in [1.807, 2.05) is 0 Å². The second-order valence-corrected chi connectivity index (χ2v) is 5.20. The van der Waals surface area contributed by atoms with Crippen molar-refractivity contribution in [3.63, 3.8) is 0 Å². The molecule has 0 saturated carbocycles. The lowest BCUT2D eigenvalue weighted by Gasteiger charge is -2.38. The maximum Gasteiger partial charge on any atom is 0.124 e. The van der Waals surface area contributed by atoms with Crippen LogP contribution >= 0.6 is 0 Å². The Labute approximate surface area is 96.2 Å². The molecule has 3 nitrogen and oxygen atoms in total. The third-order valence-electron chi connectivity index (χ3n) is 3.53. The smallest absolute Gasteiger partial charge is 0.124 e. The SMILES string of the molecule is CC1(COc2cccc3c2CNC3)CNC1. The fourth-order valence-corrected chi connectivity index (χ4v) is 2.34. The van der Waals surface area contributed by atoms with Gasteiger partial charge in [-0.05, 0) is 11.6 Å². The van der Waals surface area contributed by atoms with Crippen molar-refractivity contribution in [3.05, 3.63) is 29.3 Å². The maximum atomic E-state index is 5.98. The van der Waals surface area contributed by atoms with Crippen molar-refractivity contribution in [2.75, 3.05) is 19.7 Å². The van der Waals surface area contributed by atoms with Crippen LogP contribution in [-0.4, -0.2) is 19.7 Å². The third-order valence-corrected chi connectivity index (χ3v) is 3.53. The Kier molecular flexibility index (Phi) is 2.37. The molecule has 0 atom stereocenters. The van der Waals surface area contributed by atoms with Gasteiger partial charge in [0, 0.05) is 37.2 Å². The molecule has 2 heterocycles. The van der Waals surface area contributed by atoms with Crippen LogP contribution in [0.2, 0.25) is 0 Å². The van der Waals surface area contributed by atoms with Crippen LogP contribution in [0.4, 0.5) is 0 Å². The van der Waals surface area contributed by atoms with Crippen LogP contribution in [0.25, 0.3) is 0 Å². The van der Waals surface area contributed by atoms with Crippen molar-refractivity contribution in [2.24, 2.45) is 5.41 Å². The minimum absolute atomic E-state index is 0.328. The van der Waals surface area contributed by atoms with E-state index < -0.39 is 0 Å². The highest BCUT2D eigenvalue weighted by molar-refractivity contribution is 5.42. The van der Waals surface area contributed by atoms with Crippen LogP contribution in [0.5, 0.6) is 5.75 Å². The zero-order chi connectivity index (χ0) is 11.0. The zero-order valence-corrected chi connectivity index (χ0v) is 9.68. The molecule has 0 aromatic heterocycles. The van der Waals surface area contributed by atoms with Gasteiger partial charge in [0.15, 0.2) is 0 Å². The highest BCUT2D eigenvalue weighted by Crippen LogP contribution is 2.29. The first kappa shape index (κ1) is 10.1. The molecule has 0 aliphatic carbocycles. The Morgan fingerprint density at radius 2 is 2.12 bits per heavy atom. The van der Waals surface area contributed by atoms with Gasteiger partial charge in [0.2, 0.25) is 0 Å². The predicted molar refractivity (Wildman–Crippen MR) is 63.5 cm³/mol. The summed E-state index contributed by atoms with van der Waals surface area (Å²) in [6.45, 7) is 7.15. The summed E-state index contributed by atoms with van der Waals surface area (Å²) in [7, 11) is 0. The lowest BCUT2D eigenvalue weighted by molar-refractivity contribution is 0.101. The molecule has 86 valence electrons. The largest absolute Gasteiger partial charge is 0.493 e. The van der Waals surface area contributed by atoms with Gasteiger partial charge in [0.25, 0.3) is 0 Å². The van der Waals surface area contributed by atoms with Gasteiger partial charge in [-0.25, -0.2) is 0 Å². The fraction of sp³-hybridized carbons (Fsp3) is 0.538. The van der Waals surface area contributed by atoms with Crippen molar-refractivity contribution in [2.45, 2.75) is 20.0 Å². The lowest BCUT2D eigenvalue weighted by atomic mass is 9.85. The monoisotopic (exact) mass is 218 g/mol. The van der Waals surface area contributed by atoms with Crippen LogP contribution in [0.3, 0.4) is 0 Å². The molecule has 16 heavy (non-hydrogen) atoms. The summed E-state index contributed by atoms with van der Waals surface area (Å²) in [4.78, 5) is 0. The van der Waals surface area contributed by atoms with E-state index in [1.54, 1.807) is 0 Å². The molecule has 1 fully saturated rings. The van der Waals surface area contributed by atoms with E-state index in [4.69, 9.17) is 4.74 Å². The van der Waals surface area contributed by atoms with Crippen molar-refractivity contribution in [1.82, 2.24) is 10.6 Å². The quantitative estimate of drug-likeness (QED) is 0.802. The third kappa shape index (κ3) is 1.70. The van der Waals surface area contributed by atoms with E-state index >= 15 is 0 Å². The Morgan fingerprint density at radius 3 is 2.88 bits per heavy atom. The summed E-state index contributed by atoms with van der Waals surface area (Å²) in [6.07, 6.45) is 0. The fourth-order valence-electron chi connectivity index (χ4n) is 2.34. The number of rotatable bonds is 3. The second kappa shape index (κ2) is 3.75. The summed E-state index contributed by atoms with van der Waals surface area (Å²) in [5.74, 6) is 1.07. The average Bonchev–Trinajstić information content (AvgIpc) is 2.72. The zero-order valence-electron chi connectivity index (χ0n) is 9.68. The minimum Gasteiger partial charge on any atom is -0.493 e. The molecule has 0 bridgehead atoms. The number of hydrogen-bond donors (Lipinski definition) is 2. The molecule has 0 unspecified atom stereocenters. The average molecular weight is 218 g/mol. The topological polar surface area (TPSA) is 33.3 Å². The first-order chi connectivity index (χ1) is 7.77. The van der Waals surface area contributed by atoms with Crippen molar-refractivity contribution in [3.8, 4) is 5.75 Å². The number of ether oxygens (including phenoxy) is 1. The first-order valence-electron chi connectivity index (χ1n) is 5.92. The molecule has 2 aliphatic heterocycles. The van der Waals surface area contributed by atoms with E-state index in [1.165, 1.54) is 11.1 Å². The molecular weight excluding hydrogens is 200 g/mol. The molecule has 2 N–H and O–H groups in total. The molecule has 1 saturated heterocycles. The van der Waals surface area contributed by atoms with Gasteiger partial charge >= 0.3 is 0 Å². The van der Waals surface area contributed by atoms with Gasteiger partial charge in [0.05, 0.1) is 6.61 Å². The number of hydrogen-bond acceptors (Lipinski definition) is 3. The van der Waals surface area contributed by atoms with Gasteiger partial charge in [-0.1, -0.05) is 19.1 Å². The van der Waals surface area contributed by atoms with Crippen LogP contribution in [0, 0.1) is 5.41 Å². The second-order valence-electron chi connectivity index (χ2n) is 5.20. The molecule has 2 aliphatic rings. The highest BCUT2D eigenvalue weighted by atomic mass is 16.5. The van der Waals surface area contributed by atoms with Crippen molar-refractivity contribution < 1.29 is 4.74 Å². The maximum absolute atomic E-state index is 5.98. The summed E-state index contributed by atoms with van der Waals surface area (Å²) in [5, 5.41) is 6.66. The van der Waals surface area contributed by atoms with E-state index in [-0.39, 0.29) is 0 Å². The Morgan fingerprint density at radius 1 is 1.25 bits per heavy atom. The van der Waals surface area contributed by atoms with E-state index in [0.29, 0.717) is 5.41 Å². The molecule has 0 amide bonds. The normalized spacial score (nSPS) is 21.3. The number of nitrogens with one attached hydrogen (secondary N) is 2.